The summed E-state index contributed by atoms with van der Waals surface area (Å²) in [5, 5.41) is 0.650. The number of nitrogens with one attached hydrogen (secondary N) is 1. The maximum Gasteiger partial charge on any atom is 0.260 e. The average molecular weight is 322 g/mol. The van der Waals surface area contributed by atoms with Gasteiger partial charge in [-0.3, -0.25) is 4.79 Å². The zero-order valence-electron chi connectivity index (χ0n) is 12.7. The summed E-state index contributed by atoms with van der Waals surface area (Å²) in [5.74, 6) is 1.15. The van der Waals surface area contributed by atoms with Crippen LogP contribution in [-0.2, 0) is 7.05 Å². The average Bonchev–Trinajstić information content (AvgIpc) is 3.11. The van der Waals surface area contributed by atoms with Gasteiger partial charge >= 0.3 is 0 Å². The van der Waals surface area contributed by atoms with Crippen molar-refractivity contribution >= 4 is 21.6 Å². The van der Waals surface area contributed by atoms with Crippen molar-refractivity contribution in [3.8, 4) is 22.8 Å². The van der Waals surface area contributed by atoms with Crippen LogP contribution < -0.4 is 5.56 Å². The lowest BCUT2D eigenvalue weighted by Crippen LogP contribution is -2.10. The van der Waals surface area contributed by atoms with Crippen molar-refractivity contribution in [1.29, 1.82) is 0 Å². The number of aryl methyl sites for hydroxylation is 2. The summed E-state index contributed by atoms with van der Waals surface area (Å²) in [4.78, 5) is 26.3. The van der Waals surface area contributed by atoms with Crippen LogP contribution in [0.3, 0.4) is 0 Å². The second-order valence-electron chi connectivity index (χ2n) is 5.36. The summed E-state index contributed by atoms with van der Waals surface area (Å²) in [6.45, 7) is 2.02. The van der Waals surface area contributed by atoms with Crippen molar-refractivity contribution in [3.63, 3.8) is 0 Å². The van der Waals surface area contributed by atoms with Gasteiger partial charge in [0.05, 0.1) is 5.39 Å². The van der Waals surface area contributed by atoms with E-state index in [9.17, 15) is 4.79 Å². The molecule has 0 amide bonds. The van der Waals surface area contributed by atoms with E-state index in [1.807, 2.05) is 55.1 Å². The highest BCUT2D eigenvalue weighted by Gasteiger charge is 2.17. The normalized spacial score (nSPS) is 11.2. The molecule has 0 fully saturated rings. The van der Waals surface area contributed by atoms with Gasteiger partial charge in [0, 0.05) is 29.9 Å². The van der Waals surface area contributed by atoms with Gasteiger partial charge in [-0.25, -0.2) is 9.97 Å². The van der Waals surface area contributed by atoms with E-state index in [2.05, 4.69) is 15.0 Å². The molecule has 0 atom stereocenters. The van der Waals surface area contributed by atoms with Crippen LogP contribution in [0.5, 0.6) is 0 Å². The van der Waals surface area contributed by atoms with Gasteiger partial charge in [0.2, 0.25) is 0 Å². The van der Waals surface area contributed by atoms with Gasteiger partial charge in [0.25, 0.3) is 5.56 Å². The smallest absolute Gasteiger partial charge is 0.260 e. The number of hydrogen-bond acceptors (Lipinski definition) is 4. The van der Waals surface area contributed by atoms with Crippen LogP contribution in [0.2, 0.25) is 0 Å². The molecule has 0 saturated carbocycles. The molecular formula is C17H14N4OS. The van der Waals surface area contributed by atoms with Crippen molar-refractivity contribution in [3.05, 3.63) is 58.0 Å². The van der Waals surface area contributed by atoms with Crippen LogP contribution in [-0.4, -0.2) is 19.5 Å². The molecule has 23 heavy (non-hydrogen) atoms. The molecular weight excluding hydrogens is 308 g/mol. The number of nitrogens with zero attached hydrogens (tertiary/aromatic N) is 3. The van der Waals surface area contributed by atoms with Gasteiger partial charge in [-0.1, -0.05) is 30.3 Å². The molecule has 0 radical (unpaired) electrons. The van der Waals surface area contributed by atoms with Crippen molar-refractivity contribution in [1.82, 2.24) is 19.5 Å². The number of thiophene rings is 1. The van der Waals surface area contributed by atoms with Crippen molar-refractivity contribution in [2.75, 3.05) is 0 Å². The predicted octanol–water partition coefficient (Wildman–Crippen LogP) is 3.36. The Balaban J connectivity index is 2.01. The number of rotatable bonds is 2. The van der Waals surface area contributed by atoms with Gasteiger partial charge in [-0.05, 0) is 12.5 Å². The summed E-state index contributed by atoms with van der Waals surface area (Å²) in [7, 11) is 1.88. The Labute approximate surface area is 136 Å². The molecule has 3 heterocycles. The van der Waals surface area contributed by atoms with E-state index < -0.39 is 0 Å². The largest absolute Gasteiger partial charge is 0.331 e. The molecule has 0 unspecified atom stereocenters. The number of hydrogen-bond donors (Lipinski definition) is 1. The molecule has 1 aromatic carbocycles. The maximum atomic E-state index is 12.7. The van der Waals surface area contributed by atoms with E-state index >= 15 is 0 Å². The molecule has 0 aliphatic heterocycles. The standard InChI is InChI=1S/C17H14N4OS/c1-10-12(11-6-4-3-5-7-11)13-16(22)19-14(20-17(13)23-10)15-18-8-9-21(15)2/h3-9H,1-2H3,(H,19,20,22). The fourth-order valence-electron chi connectivity index (χ4n) is 2.77. The van der Waals surface area contributed by atoms with Crippen LogP contribution in [0, 0.1) is 6.92 Å². The summed E-state index contributed by atoms with van der Waals surface area (Å²) in [6, 6.07) is 9.94. The number of imidazole rings is 1. The van der Waals surface area contributed by atoms with Gasteiger partial charge in [0.1, 0.15) is 4.83 Å². The van der Waals surface area contributed by atoms with E-state index in [-0.39, 0.29) is 5.56 Å². The SMILES string of the molecule is Cc1sc2nc(-c3nccn3C)[nH]c(=O)c2c1-c1ccccc1. The zero-order valence-corrected chi connectivity index (χ0v) is 13.5. The molecule has 0 spiro atoms. The Bertz CT molecular complexity index is 1060. The fourth-order valence-corrected chi connectivity index (χ4v) is 3.82. The number of fused-ring (bicyclic) bond motifs is 1. The lowest BCUT2D eigenvalue weighted by atomic mass is 10.0. The molecule has 3 aromatic heterocycles. The lowest BCUT2D eigenvalue weighted by Gasteiger charge is -2.03. The third-order valence-electron chi connectivity index (χ3n) is 3.83. The monoisotopic (exact) mass is 322 g/mol. The van der Waals surface area contributed by atoms with Crippen LogP contribution in [0.15, 0.2) is 47.5 Å². The lowest BCUT2D eigenvalue weighted by molar-refractivity contribution is 0.907. The highest BCUT2D eigenvalue weighted by atomic mass is 32.1. The van der Waals surface area contributed by atoms with Gasteiger partial charge in [-0.15, -0.1) is 11.3 Å². The Hall–Kier alpha value is -2.73. The highest BCUT2D eigenvalue weighted by Crippen LogP contribution is 2.35. The Morgan fingerprint density at radius 1 is 1.22 bits per heavy atom. The Morgan fingerprint density at radius 3 is 2.70 bits per heavy atom. The summed E-state index contributed by atoms with van der Waals surface area (Å²) >= 11 is 1.54. The van der Waals surface area contributed by atoms with Crippen LogP contribution in [0.4, 0.5) is 0 Å². The first kappa shape index (κ1) is 13.9. The topological polar surface area (TPSA) is 63.6 Å². The van der Waals surface area contributed by atoms with Crippen molar-refractivity contribution in [2.45, 2.75) is 6.92 Å². The molecule has 5 nitrogen and oxygen atoms in total. The molecule has 0 saturated heterocycles. The van der Waals surface area contributed by atoms with E-state index in [1.54, 1.807) is 6.20 Å². The molecule has 0 bridgehead atoms. The van der Waals surface area contributed by atoms with Crippen LogP contribution in [0.1, 0.15) is 4.88 Å². The first-order chi connectivity index (χ1) is 11.1. The number of aromatic nitrogens is 4. The molecule has 0 aliphatic rings. The molecule has 114 valence electrons. The minimum absolute atomic E-state index is 0.129. The van der Waals surface area contributed by atoms with E-state index in [4.69, 9.17) is 0 Å². The second-order valence-corrected chi connectivity index (χ2v) is 6.56. The van der Waals surface area contributed by atoms with E-state index in [0.29, 0.717) is 17.0 Å². The summed E-state index contributed by atoms with van der Waals surface area (Å²) in [6.07, 6.45) is 3.52. The van der Waals surface area contributed by atoms with E-state index in [1.165, 1.54) is 11.3 Å². The van der Waals surface area contributed by atoms with Gasteiger partial charge in [0.15, 0.2) is 11.6 Å². The van der Waals surface area contributed by atoms with E-state index in [0.717, 1.165) is 20.8 Å². The second kappa shape index (κ2) is 5.17. The molecule has 4 rings (SSSR count). The predicted molar refractivity (Wildman–Crippen MR) is 92.6 cm³/mol. The molecule has 6 heteroatoms. The van der Waals surface area contributed by atoms with Crippen molar-refractivity contribution in [2.24, 2.45) is 7.05 Å². The number of aromatic amines is 1. The Kier molecular flexibility index (Phi) is 3.12. The summed E-state index contributed by atoms with van der Waals surface area (Å²) < 4.78 is 1.84. The quantitative estimate of drug-likeness (QED) is 0.615. The van der Waals surface area contributed by atoms with Crippen molar-refractivity contribution < 1.29 is 0 Å². The Morgan fingerprint density at radius 2 is 2.00 bits per heavy atom. The molecule has 0 aliphatic carbocycles. The third-order valence-corrected chi connectivity index (χ3v) is 4.83. The van der Waals surface area contributed by atoms with Gasteiger partial charge in [-0.2, -0.15) is 0 Å². The van der Waals surface area contributed by atoms with Crippen LogP contribution in [0.25, 0.3) is 33.0 Å². The van der Waals surface area contributed by atoms with Crippen LogP contribution >= 0.6 is 11.3 Å². The van der Waals surface area contributed by atoms with Gasteiger partial charge < -0.3 is 9.55 Å². The first-order valence-electron chi connectivity index (χ1n) is 7.21. The summed E-state index contributed by atoms with van der Waals surface area (Å²) in [5.41, 5.74) is 1.87. The number of benzene rings is 1. The highest BCUT2D eigenvalue weighted by molar-refractivity contribution is 7.19. The third kappa shape index (κ3) is 2.19. The number of H-pyrrole nitrogens is 1. The molecule has 1 N–H and O–H groups in total. The molecule has 4 aromatic rings. The minimum Gasteiger partial charge on any atom is -0.331 e. The zero-order chi connectivity index (χ0) is 16.0. The first-order valence-corrected chi connectivity index (χ1v) is 8.03. The maximum absolute atomic E-state index is 12.7. The minimum atomic E-state index is -0.129. The fraction of sp³-hybridized carbons (Fsp3) is 0.118.